The molecule has 6 heteroatoms. The molecule has 0 nitrogen and oxygen atoms in total. The Kier molecular flexibility index (Phi) is 36.8. The van der Waals surface area contributed by atoms with E-state index >= 15 is 0 Å². The Balaban J connectivity index is -0.000000160. The van der Waals surface area contributed by atoms with Crippen LogP contribution in [0.4, 0.5) is 0 Å². The summed E-state index contributed by atoms with van der Waals surface area (Å²) in [5, 5.41) is 0. The van der Waals surface area contributed by atoms with Gasteiger partial charge in [0.25, 0.3) is 0 Å². The number of allylic oxidation sites excluding steroid dienone is 16. The van der Waals surface area contributed by atoms with Crippen molar-refractivity contribution in [3.05, 3.63) is 95.2 Å². The van der Waals surface area contributed by atoms with Crippen molar-refractivity contribution in [3.8, 4) is 0 Å². The minimum absolute atomic E-state index is 0. The van der Waals surface area contributed by atoms with Crippen LogP contribution < -0.4 is 24.8 Å². The Morgan fingerprint density at radius 1 is 0.618 bits per heavy atom. The molecule has 0 saturated heterocycles. The molecule has 0 saturated carbocycles. The molecule has 0 N–H and O–H groups in total. The predicted molar refractivity (Wildman–Crippen MR) is 140 cm³/mol. The third-order valence-corrected chi connectivity index (χ3v) is 3.89. The van der Waals surface area contributed by atoms with Gasteiger partial charge in [0, 0.05) is 0 Å². The fourth-order valence-corrected chi connectivity index (χ4v) is 1.92. The molecule has 34 heavy (non-hydrogen) atoms. The van der Waals surface area contributed by atoms with Crippen LogP contribution in [-0.2, 0) is 46.0 Å². The van der Waals surface area contributed by atoms with Crippen molar-refractivity contribution in [1.29, 1.82) is 0 Å². The van der Waals surface area contributed by atoms with Gasteiger partial charge in [-0.2, -0.15) is 23.3 Å². The smallest absolute Gasteiger partial charge is 0.109 e. The molecule has 0 amide bonds. The summed E-state index contributed by atoms with van der Waals surface area (Å²) >= 11 is 2.90. The molecule has 0 aromatic rings. The summed E-state index contributed by atoms with van der Waals surface area (Å²) in [5.41, 5.74) is 6.21. The summed E-state index contributed by atoms with van der Waals surface area (Å²) < 4.78 is 0. The van der Waals surface area contributed by atoms with Gasteiger partial charge in [0.2, 0.25) is 0 Å². The van der Waals surface area contributed by atoms with Crippen molar-refractivity contribution in [2.75, 3.05) is 0 Å². The van der Waals surface area contributed by atoms with Gasteiger partial charge >= 0.3 is 83.2 Å². The number of rotatable bonds is 0. The molecular formula is C28H40Cl2Hf2Si2-2. The molecule has 0 spiro atoms. The zero-order valence-corrected chi connectivity index (χ0v) is 32.9. The monoisotopic (exact) mass is 862 g/mol. The van der Waals surface area contributed by atoms with Gasteiger partial charge < -0.3 is 24.8 Å². The molecule has 0 unspecified atom stereocenters. The van der Waals surface area contributed by atoms with Crippen LogP contribution in [0.25, 0.3) is 0 Å². The van der Waals surface area contributed by atoms with Crippen molar-refractivity contribution in [2.45, 2.75) is 79.6 Å². The molecule has 0 fully saturated rings. The fraction of sp³-hybridized carbons (Fsp3) is 0.429. The first-order chi connectivity index (χ1) is 15.1. The van der Waals surface area contributed by atoms with Gasteiger partial charge in [-0.1, -0.05) is 13.8 Å². The van der Waals surface area contributed by atoms with Gasteiger partial charge in [0.15, 0.2) is 0 Å². The summed E-state index contributed by atoms with van der Waals surface area (Å²) in [5.74, 6) is 0. The molecule has 0 aromatic heterocycles. The molecule has 4 rings (SSSR count). The molecular weight excluding hydrogens is 820 g/mol. The fourth-order valence-electron chi connectivity index (χ4n) is 1.92. The Hall–Kier alpha value is 0.674. The molecule has 0 aliphatic heterocycles. The van der Waals surface area contributed by atoms with Crippen LogP contribution in [-0.4, -0.2) is 11.0 Å². The molecule has 0 atom stereocenters. The van der Waals surface area contributed by atoms with E-state index in [1.807, 2.05) is 24.3 Å². The van der Waals surface area contributed by atoms with Crippen LogP contribution in [0.1, 0.15) is 53.4 Å². The van der Waals surface area contributed by atoms with E-state index in [1.165, 1.54) is 68.3 Å². The summed E-state index contributed by atoms with van der Waals surface area (Å²) in [6.07, 6.45) is 32.4. The first-order valence-electron chi connectivity index (χ1n) is 11.0. The van der Waals surface area contributed by atoms with E-state index in [2.05, 4.69) is 102 Å². The Labute approximate surface area is 254 Å². The van der Waals surface area contributed by atoms with Crippen LogP contribution >= 0.6 is 0 Å². The molecule has 0 aromatic carbocycles. The van der Waals surface area contributed by atoms with Crippen LogP contribution in [0.3, 0.4) is 0 Å². The van der Waals surface area contributed by atoms with E-state index in [4.69, 9.17) is 0 Å². The third-order valence-electron chi connectivity index (χ3n) is 3.89. The summed E-state index contributed by atoms with van der Waals surface area (Å²) in [6, 6.07) is 0. The van der Waals surface area contributed by atoms with Crippen molar-refractivity contribution in [2.24, 2.45) is 0 Å². The quantitative estimate of drug-likeness (QED) is 0.260. The SMILES string of the molecule is CC1=C(C)C[C-]=C1.CC1=C(C)C[C-]=C1.C[Si](C)=[Hf+2].C[Si](C)=[Hf+2].[C-]1=CC=CC1.[C-]1=CC=CC1.[Cl-].[Cl-]. The number of halogens is 2. The van der Waals surface area contributed by atoms with Crippen LogP contribution in [0.5, 0.6) is 0 Å². The predicted octanol–water partition coefficient (Wildman–Crippen LogP) is 2.36. The average Bonchev–Trinajstić information content (AvgIpc) is 3.50. The van der Waals surface area contributed by atoms with Gasteiger partial charge in [0.05, 0.1) is 0 Å². The van der Waals surface area contributed by atoms with Crippen molar-refractivity contribution >= 4 is 11.0 Å². The number of hydrogen-bond acceptors (Lipinski definition) is 0. The molecule has 184 valence electrons. The maximum absolute atomic E-state index is 3.12. The summed E-state index contributed by atoms with van der Waals surface area (Å²) in [6.45, 7) is 17.9. The van der Waals surface area contributed by atoms with Gasteiger partial charge in [0.1, 0.15) is 0 Å². The maximum atomic E-state index is 3.12. The standard InChI is InChI=1S/2C7H9.2C5H5.2C2H6Si.2ClH.2Hf/c2*1-6-4-3-5-7(6)2;2*1-2-4-5-3-1;2*1-3-2;;;;/h2*4H,5H2,1-2H3;2*1-3H,4H2;2*1-2H3;2*1H;;/q4*-1;;;;;2*+2/p-2. The van der Waals surface area contributed by atoms with Crippen LogP contribution in [0, 0.1) is 24.3 Å². The first kappa shape index (κ1) is 41.8. The second-order valence-electron chi connectivity index (χ2n) is 7.98. The second kappa shape index (κ2) is 29.9. The first-order valence-corrected chi connectivity index (χ1v) is 26.8. The Bertz CT molecular complexity index is 716. The summed E-state index contributed by atoms with van der Waals surface area (Å²) in [4.78, 5) is 0. The normalized spacial score (nSPS) is 14.7. The molecule has 4 aliphatic rings. The topological polar surface area (TPSA) is 0 Å². The number of hydrogen-bond donors (Lipinski definition) is 0. The van der Waals surface area contributed by atoms with Crippen molar-refractivity contribution < 1.29 is 70.8 Å². The van der Waals surface area contributed by atoms with E-state index in [0.29, 0.717) is 0 Å². The van der Waals surface area contributed by atoms with E-state index in [9.17, 15) is 0 Å². The van der Waals surface area contributed by atoms with E-state index in [1.54, 1.807) is 0 Å². The Morgan fingerprint density at radius 3 is 0.971 bits per heavy atom. The molecule has 4 aliphatic carbocycles. The zero-order chi connectivity index (χ0) is 24.8. The Morgan fingerprint density at radius 2 is 0.912 bits per heavy atom. The van der Waals surface area contributed by atoms with Crippen molar-refractivity contribution in [1.82, 2.24) is 0 Å². The average molecular weight is 861 g/mol. The molecule has 0 radical (unpaired) electrons. The minimum atomic E-state index is 0. The van der Waals surface area contributed by atoms with Crippen molar-refractivity contribution in [3.63, 3.8) is 0 Å². The zero-order valence-electron chi connectivity index (χ0n) is 22.2. The van der Waals surface area contributed by atoms with Crippen LogP contribution in [0.2, 0.25) is 26.2 Å². The van der Waals surface area contributed by atoms with E-state index in [0.717, 1.165) is 25.7 Å². The molecule has 0 bridgehead atoms. The van der Waals surface area contributed by atoms with E-state index < -0.39 is 0 Å². The largest absolute Gasteiger partial charge is 1.00 e. The summed E-state index contributed by atoms with van der Waals surface area (Å²) in [7, 11) is 0. The van der Waals surface area contributed by atoms with Gasteiger partial charge in [-0.25, -0.2) is 47.6 Å². The molecule has 0 heterocycles. The maximum Gasteiger partial charge on any atom is -0.109 e. The van der Waals surface area contributed by atoms with Gasteiger partial charge in [-0.05, 0) is 0 Å². The minimum Gasteiger partial charge on any atom is -1.00 e. The van der Waals surface area contributed by atoms with Gasteiger partial charge in [-0.15, -0.1) is 39.5 Å². The second-order valence-corrected chi connectivity index (χ2v) is 33.5. The van der Waals surface area contributed by atoms with Gasteiger partial charge in [-0.3, -0.25) is 24.3 Å². The van der Waals surface area contributed by atoms with Crippen LogP contribution in [0.15, 0.2) is 70.9 Å². The third kappa shape index (κ3) is 34.8. The van der Waals surface area contributed by atoms with E-state index in [-0.39, 0.29) is 35.8 Å².